The van der Waals surface area contributed by atoms with E-state index in [9.17, 15) is 62.8 Å². The molecule has 5 N–H and O–H groups in total. The predicted molar refractivity (Wildman–Crippen MR) is 552 cm³/mol. The number of rotatable bonds is 15. The van der Waals surface area contributed by atoms with Gasteiger partial charge in [-0.2, -0.15) is 15.8 Å². The SMILES string of the molecule is C=CC(=O)N1[C@H](C)CN(c2c(C#N)c(=O)n(-c3c(C)ccnc3C(C)C)c3nc(-c4c(C)c(Cl)c(F)c(Cl)c4N)c(Cl)cc23)C[C@@H]1C.C=CC(=O)N1[C@H](C)CN(c2c(C#N)c(=O)n(-c3c(C)ccnc3C(C)C)c3nc(-c4c(C)c(Cl)c(F)c(Cl)c4N)c(Cl)cc23)C[C@@H]1C.C=CC(=O)N1[C@H](C)CN(c2c(C#N)c(=O)n(-c3c(C)ccnc3C(C)C)c3nc(-c4c(O)c(Cl)c(F)c(Cl)c4F)c(Cl)cc23)C[C@@H]1C. The monoisotopic (exact) mass is 2090 g/mol. The average Bonchev–Trinajstić information content (AvgIpc) is 0.725. The number of hydrogen-bond donors (Lipinski definition) is 3. The number of halogens is 13. The van der Waals surface area contributed by atoms with Crippen molar-refractivity contribution in [2.75, 3.05) is 65.4 Å². The Kier molecular flexibility index (Phi) is 31.2. The first-order valence-electron chi connectivity index (χ1n) is 44.4. The van der Waals surface area contributed by atoms with E-state index in [1.807, 2.05) is 112 Å². The zero-order chi connectivity index (χ0) is 104. The number of aromatic hydroxyl groups is 1. The Bertz CT molecular complexity index is 6860. The highest BCUT2D eigenvalue weighted by molar-refractivity contribution is 6.41. The molecule has 12 heterocycles. The smallest absolute Gasteiger partial charge is 0.276 e. The van der Waals surface area contributed by atoms with Gasteiger partial charge in [0, 0.05) is 121 Å². The molecule has 40 heteroatoms. The fraction of sp³-hybridized carbons (Fsp3) is 0.317. The van der Waals surface area contributed by atoms with Gasteiger partial charge in [-0.15, -0.1) is 0 Å². The first-order valence-corrected chi connectivity index (χ1v) is 47.8. The van der Waals surface area contributed by atoms with Crippen LogP contribution < -0.4 is 42.8 Å². The number of anilines is 5. The van der Waals surface area contributed by atoms with Crippen LogP contribution in [0.15, 0.2) is 107 Å². The number of aromatic nitrogens is 9. The number of nitrogen functional groups attached to an aromatic ring is 2. The molecule has 0 unspecified atom stereocenters. The summed E-state index contributed by atoms with van der Waals surface area (Å²) in [5.74, 6) is -6.53. The number of phenols is 1. The van der Waals surface area contributed by atoms with Gasteiger partial charge in [-0.05, 0) is 176 Å². The highest BCUT2D eigenvalue weighted by Crippen LogP contribution is 2.51. The highest BCUT2D eigenvalue weighted by Gasteiger charge is 2.42. The standard InChI is InChI=1S/2C34H33Cl3FN7O2.C33H29Cl3F2N6O3/c2*1-8-23(46)44-17(5)13-43(14-18(44)6)32-20-11-22(35)30(24-19(7)25(36)27(38)26(37)28(24)40)42-33(20)45(34(47)21(32)12-39)31-16(4)9-10-41-29(31)15(2)3;1-7-21(45)43-16(5)12-42(13-17(43)6)30-18-10-20(34)28(22-25(37)23(35)26(38)24(36)31(22)46)41-32(18)44(33(47)19(30)11-39)29-15(4)8-9-40-27(29)14(2)3/h2*8-11,15,17-18H,1,13-14,40H2,2-7H3;7-10,14,16-17,46H,1,12-13H2,2-6H3/t2*17-,18+;16-,17+. The maximum absolute atomic E-state index is 15.6. The lowest BCUT2D eigenvalue weighted by Crippen LogP contribution is -2.58. The normalized spacial score (nSPS) is 16.6. The number of carbonyl (C=O) groups excluding carboxylic acids is 3. The van der Waals surface area contributed by atoms with Crippen LogP contribution in [0, 0.1) is 91.9 Å². The molecule has 141 heavy (non-hydrogen) atoms. The second kappa shape index (κ2) is 41.5. The van der Waals surface area contributed by atoms with Gasteiger partial charge in [0.05, 0.1) is 110 Å². The summed E-state index contributed by atoms with van der Waals surface area (Å²) in [6.07, 6.45) is 8.70. The van der Waals surface area contributed by atoms with Crippen LogP contribution in [0.1, 0.15) is 162 Å². The second-order valence-electron chi connectivity index (χ2n) is 35.9. The van der Waals surface area contributed by atoms with Gasteiger partial charge in [-0.1, -0.05) is 166 Å². The van der Waals surface area contributed by atoms with Crippen molar-refractivity contribution < 1.29 is 37.1 Å². The van der Waals surface area contributed by atoms with Crippen molar-refractivity contribution in [3.8, 4) is 74.8 Å². The van der Waals surface area contributed by atoms with Crippen LogP contribution in [-0.4, -0.2) is 157 Å². The molecule has 3 aliphatic heterocycles. The fourth-order valence-electron chi connectivity index (χ4n) is 19.3. The number of hydrogen-bond acceptors (Lipinski definition) is 21. The Morgan fingerprint density at radius 2 is 0.660 bits per heavy atom. The molecule has 0 saturated carbocycles. The van der Waals surface area contributed by atoms with Crippen LogP contribution in [0.4, 0.5) is 46.0 Å². The van der Waals surface area contributed by atoms with E-state index < -0.39 is 61.3 Å². The molecule has 0 spiro atoms. The summed E-state index contributed by atoms with van der Waals surface area (Å²) in [5.41, 5.74) is 16.5. The van der Waals surface area contributed by atoms with E-state index in [0.717, 1.165) is 11.1 Å². The number of amides is 3. The molecule has 3 fully saturated rings. The van der Waals surface area contributed by atoms with Crippen LogP contribution in [0.2, 0.25) is 45.2 Å². The van der Waals surface area contributed by atoms with E-state index in [4.69, 9.17) is 126 Å². The zero-order valence-electron chi connectivity index (χ0n) is 79.5. The van der Waals surface area contributed by atoms with Crippen molar-refractivity contribution in [3.05, 3.63) is 254 Å². The lowest BCUT2D eigenvalue weighted by Gasteiger charge is -2.45. The van der Waals surface area contributed by atoms with E-state index in [0.29, 0.717) is 88.0 Å². The molecule has 3 aromatic carbocycles. The predicted octanol–water partition coefficient (Wildman–Crippen LogP) is 22.0. The van der Waals surface area contributed by atoms with Gasteiger partial charge in [0.25, 0.3) is 16.7 Å². The summed E-state index contributed by atoms with van der Waals surface area (Å²) in [5, 5.41) is 40.4. The van der Waals surface area contributed by atoms with Crippen molar-refractivity contribution in [3.63, 3.8) is 0 Å². The first-order chi connectivity index (χ1) is 66.5. The van der Waals surface area contributed by atoms with Crippen molar-refractivity contribution in [1.29, 1.82) is 15.8 Å². The lowest BCUT2D eigenvalue weighted by atomic mass is 9.99. The van der Waals surface area contributed by atoms with Gasteiger partial charge in [-0.3, -0.25) is 57.4 Å². The number of benzene rings is 3. The minimum atomic E-state index is -1.37. The highest BCUT2D eigenvalue weighted by atomic mass is 35.5. The van der Waals surface area contributed by atoms with Gasteiger partial charge in [0.1, 0.15) is 77.7 Å². The second-order valence-corrected chi connectivity index (χ2v) is 39.4. The van der Waals surface area contributed by atoms with Crippen LogP contribution >= 0.6 is 104 Å². The number of piperazine rings is 3. The zero-order valence-corrected chi connectivity index (χ0v) is 86.3. The van der Waals surface area contributed by atoms with Crippen LogP contribution in [0.3, 0.4) is 0 Å². The molecule has 27 nitrogen and oxygen atoms in total. The number of phenolic OH excluding ortho intramolecular Hbond substituents is 1. The molecular formula is C101H95Cl9F4N20O7. The minimum Gasteiger partial charge on any atom is -0.505 e. The van der Waals surface area contributed by atoms with Gasteiger partial charge in [-0.25, -0.2) is 32.5 Å². The van der Waals surface area contributed by atoms with Crippen LogP contribution in [-0.2, 0) is 14.4 Å². The van der Waals surface area contributed by atoms with Gasteiger partial charge < -0.3 is 46.0 Å². The summed E-state index contributed by atoms with van der Waals surface area (Å²) in [7, 11) is 0. The largest absolute Gasteiger partial charge is 0.505 e. The summed E-state index contributed by atoms with van der Waals surface area (Å²) in [6, 6.07) is 14.4. The molecule has 3 amide bonds. The molecule has 0 radical (unpaired) electrons. The Hall–Kier alpha value is -12.6. The number of carbonyl (C=O) groups is 3. The third-order valence-electron chi connectivity index (χ3n) is 25.5. The van der Waals surface area contributed by atoms with E-state index in [2.05, 4.69) is 57.9 Å². The molecule has 12 aromatic rings. The number of fused-ring (bicyclic) bond motifs is 3. The molecule has 6 atom stereocenters. The van der Waals surface area contributed by atoms with Crippen molar-refractivity contribution in [2.45, 2.75) is 172 Å². The van der Waals surface area contributed by atoms with Crippen LogP contribution in [0.5, 0.6) is 5.75 Å². The van der Waals surface area contributed by atoms with Gasteiger partial charge in [0.15, 0.2) is 23.3 Å². The number of aryl methyl sites for hydroxylation is 3. The molecule has 3 saturated heterocycles. The number of nitrogens with two attached hydrogens (primary N) is 2. The van der Waals surface area contributed by atoms with E-state index in [1.165, 1.54) is 38.0 Å². The third-order valence-corrected chi connectivity index (χ3v) is 28.7. The number of nitrogens with zero attached hydrogens (tertiary/aromatic N) is 18. The topological polar surface area (TPSA) is 358 Å². The molecular weight excluding hydrogens is 2000 g/mol. The van der Waals surface area contributed by atoms with E-state index in [1.54, 1.807) is 84.4 Å². The fourth-order valence-corrected chi connectivity index (χ4v) is 21.3. The summed E-state index contributed by atoms with van der Waals surface area (Å²) < 4.78 is 63.6. The Morgan fingerprint density at radius 1 is 0.411 bits per heavy atom. The van der Waals surface area contributed by atoms with E-state index in [-0.39, 0.29) is 215 Å². The molecule has 15 rings (SSSR count). The number of pyridine rings is 9. The van der Waals surface area contributed by atoms with Crippen LogP contribution in [0.25, 0.3) is 83.9 Å². The van der Waals surface area contributed by atoms with Crippen molar-refractivity contribution in [1.82, 2.24) is 58.3 Å². The average molecular weight is 2100 g/mol. The quantitative estimate of drug-likeness (QED) is 0.0282. The van der Waals surface area contributed by atoms with Gasteiger partial charge >= 0.3 is 0 Å². The molecule has 3 aliphatic rings. The lowest BCUT2D eigenvalue weighted by molar-refractivity contribution is -0.131. The van der Waals surface area contributed by atoms with Crippen molar-refractivity contribution in [2.24, 2.45) is 0 Å². The van der Waals surface area contributed by atoms with Gasteiger partial charge in [0.2, 0.25) is 17.7 Å². The van der Waals surface area contributed by atoms with E-state index >= 15 is 4.39 Å². The number of nitriles is 3. The molecule has 0 aliphatic carbocycles. The minimum absolute atomic E-state index is 0.0540. The summed E-state index contributed by atoms with van der Waals surface area (Å²) in [4.78, 5) is 121. The maximum atomic E-state index is 15.6. The third kappa shape index (κ3) is 18.5. The first kappa shape index (κ1) is 106. The summed E-state index contributed by atoms with van der Waals surface area (Å²) >= 11 is 57.7. The summed E-state index contributed by atoms with van der Waals surface area (Å²) in [6.45, 7) is 44.0. The molecule has 9 aromatic heterocycles. The maximum Gasteiger partial charge on any atom is 0.276 e. The van der Waals surface area contributed by atoms with Crippen molar-refractivity contribution >= 4 is 184 Å². The Morgan fingerprint density at radius 3 is 0.901 bits per heavy atom. The molecule has 0 bridgehead atoms. The Labute approximate surface area is 854 Å². The Balaban J connectivity index is 0.000000178. The molecule has 732 valence electrons.